The van der Waals surface area contributed by atoms with E-state index < -0.39 is 0 Å². The molecule has 0 saturated carbocycles. The van der Waals surface area contributed by atoms with E-state index in [9.17, 15) is 9.18 Å². The molecule has 0 aliphatic heterocycles. The fourth-order valence-corrected chi connectivity index (χ4v) is 2.36. The summed E-state index contributed by atoms with van der Waals surface area (Å²) in [7, 11) is 0. The number of carbonyl (C=O) groups is 1. The molecule has 0 bridgehead atoms. The molecule has 1 heterocycles. The summed E-state index contributed by atoms with van der Waals surface area (Å²) in [6, 6.07) is 16.6. The minimum Gasteiger partial charge on any atom is -0.340 e. The van der Waals surface area contributed by atoms with Gasteiger partial charge in [0.25, 0.3) is 5.91 Å². The number of nitrogens with one attached hydrogen (secondary N) is 2. The van der Waals surface area contributed by atoms with Crippen LogP contribution in [-0.2, 0) is 0 Å². The highest BCUT2D eigenvalue weighted by atomic mass is 79.9. The zero-order chi connectivity index (χ0) is 16.9. The van der Waals surface area contributed by atoms with Gasteiger partial charge < -0.3 is 10.6 Å². The van der Waals surface area contributed by atoms with Crippen molar-refractivity contribution < 1.29 is 9.18 Å². The lowest BCUT2D eigenvalue weighted by Crippen LogP contribution is -2.12. The first kappa shape index (κ1) is 16.1. The van der Waals surface area contributed by atoms with Gasteiger partial charge in [-0.05, 0) is 54.6 Å². The normalized spacial score (nSPS) is 10.2. The highest BCUT2D eigenvalue weighted by Gasteiger charge is 2.08. The number of hydrogen-bond acceptors (Lipinski definition) is 3. The molecule has 1 amide bonds. The van der Waals surface area contributed by atoms with Gasteiger partial charge in [-0.1, -0.05) is 22.0 Å². The highest BCUT2D eigenvalue weighted by molar-refractivity contribution is 9.10. The van der Waals surface area contributed by atoms with Crippen LogP contribution in [0.15, 0.2) is 71.3 Å². The number of nitrogens with zero attached hydrogens (tertiary/aromatic N) is 1. The molecule has 2 N–H and O–H groups in total. The molecule has 0 saturated heterocycles. The van der Waals surface area contributed by atoms with Crippen molar-refractivity contribution in [1.29, 1.82) is 0 Å². The maximum atomic E-state index is 13.2. The fourth-order valence-electron chi connectivity index (χ4n) is 2.09. The maximum Gasteiger partial charge on any atom is 0.255 e. The molecule has 4 nitrogen and oxygen atoms in total. The molecule has 3 aromatic rings. The Kier molecular flexibility index (Phi) is 4.86. The molecule has 0 radical (unpaired) electrons. The zero-order valence-corrected chi connectivity index (χ0v) is 14.0. The van der Waals surface area contributed by atoms with Crippen LogP contribution in [0, 0.1) is 5.82 Å². The number of halogens is 2. The Morgan fingerprint density at radius 1 is 1.00 bits per heavy atom. The summed E-state index contributed by atoms with van der Waals surface area (Å²) in [5.74, 6) is -0.129. The third kappa shape index (κ3) is 4.17. The first-order valence-corrected chi connectivity index (χ1v) is 7.95. The van der Waals surface area contributed by atoms with E-state index in [1.54, 1.807) is 36.4 Å². The lowest BCUT2D eigenvalue weighted by Gasteiger charge is -2.08. The summed E-state index contributed by atoms with van der Waals surface area (Å²) in [5, 5.41) is 5.78. The predicted molar refractivity (Wildman–Crippen MR) is 96.0 cm³/mol. The molecule has 0 unspecified atom stereocenters. The molecular formula is C18H13BrFN3O. The number of benzene rings is 2. The van der Waals surface area contributed by atoms with Gasteiger partial charge in [-0.25, -0.2) is 9.37 Å². The Bertz CT molecular complexity index is 868. The van der Waals surface area contributed by atoms with Crippen LogP contribution in [-0.4, -0.2) is 10.9 Å². The molecule has 0 aliphatic carbocycles. The molecule has 24 heavy (non-hydrogen) atoms. The molecule has 0 atom stereocenters. The van der Waals surface area contributed by atoms with Crippen LogP contribution in [0.5, 0.6) is 0 Å². The van der Waals surface area contributed by atoms with Crippen molar-refractivity contribution in [2.24, 2.45) is 0 Å². The second kappa shape index (κ2) is 7.23. The summed E-state index contributed by atoms with van der Waals surface area (Å²) in [6.45, 7) is 0. The molecular weight excluding hydrogens is 373 g/mol. The molecule has 0 spiro atoms. The topological polar surface area (TPSA) is 54.0 Å². The average molecular weight is 386 g/mol. The predicted octanol–water partition coefficient (Wildman–Crippen LogP) is 4.98. The van der Waals surface area contributed by atoms with E-state index in [0.29, 0.717) is 22.8 Å². The molecule has 0 aliphatic rings. The first-order chi connectivity index (χ1) is 11.6. The van der Waals surface area contributed by atoms with Gasteiger partial charge in [0, 0.05) is 27.6 Å². The number of pyridine rings is 1. The number of amides is 1. The SMILES string of the molecule is O=C(Nc1ccc(Br)cc1)c1ccnc(Nc2cccc(F)c2)c1. The maximum absolute atomic E-state index is 13.2. The minimum absolute atomic E-state index is 0.248. The Balaban J connectivity index is 1.74. The van der Waals surface area contributed by atoms with Gasteiger partial charge in [0.1, 0.15) is 11.6 Å². The molecule has 6 heteroatoms. The molecule has 3 rings (SSSR count). The van der Waals surface area contributed by atoms with E-state index in [-0.39, 0.29) is 11.7 Å². The quantitative estimate of drug-likeness (QED) is 0.665. The van der Waals surface area contributed by atoms with Gasteiger partial charge in [-0.3, -0.25) is 4.79 Å². The van der Waals surface area contributed by atoms with E-state index in [1.807, 2.05) is 12.1 Å². The van der Waals surface area contributed by atoms with Gasteiger partial charge in [0.05, 0.1) is 0 Å². The molecule has 0 fully saturated rings. The van der Waals surface area contributed by atoms with E-state index >= 15 is 0 Å². The second-order valence-corrected chi connectivity index (χ2v) is 5.94. The minimum atomic E-state index is -0.343. The van der Waals surface area contributed by atoms with Gasteiger partial charge in [0.2, 0.25) is 0 Å². The van der Waals surface area contributed by atoms with Crippen LogP contribution >= 0.6 is 15.9 Å². The molecule has 1 aromatic heterocycles. The second-order valence-electron chi connectivity index (χ2n) is 5.03. The van der Waals surface area contributed by atoms with E-state index in [2.05, 4.69) is 31.5 Å². The smallest absolute Gasteiger partial charge is 0.255 e. The van der Waals surface area contributed by atoms with Crippen LogP contribution < -0.4 is 10.6 Å². The third-order valence-electron chi connectivity index (χ3n) is 3.22. The molecule has 120 valence electrons. The Labute approximate surface area is 146 Å². The van der Waals surface area contributed by atoms with Gasteiger partial charge in [-0.2, -0.15) is 0 Å². The Morgan fingerprint density at radius 2 is 1.79 bits per heavy atom. The van der Waals surface area contributed by atoms with Crippen molar-refractivity contribution in [1.82, 2.24) is 4.98 Å². The van der Waals surface area contributed by atoms with Gasteiger partial charge in [-0.15, -0.1) is 0 Å². The van der Waals surface area contributed by atoms with Crippen molar-refractivity contribution >= 4 is 39.0 Å². The standard InChI is InChI=1S/C18H13BrFN3O/c19-13-4-6-15(7-5-13)23-18(24)12-8-9-21-17(10-12)22-16-3-1-2-14(20)11-16/h1-11H,(H,21,22)(H,23,24). The summed E-state index contributed by atoms with van der Waals surface area (Å²) in [5.41, 5.74) is 1.71. The van der Waals surface area contributed by atoms with E-state index in [4.69, 9.17) is 0 Å². The van der Waals surface area contributed by atoms with Gasteiger partial charge in [0.15, 0.2) is 0 Å². The average Bonchev–Trinajstić information content (AvgIpc) is 2.57. The van der Waals surface area contributed by atoms with Crippen LogP contribution in [0.25, 0.3) is 0 Å². The summed E-state index contributed by atoms with van der Waals surface area (Å²) < 4.78 is 14.2. The highest BCUT2D eigenvalue weighted by Crippen LogP contribution is 2.18. The third-order valence-corrected chi connectivity index (χ3v) is 3.75. The molecule has 2 aromatic carbocycles. The van der Waals surface area contributed by atoms with Crippen molar-refractivity contribution in [2.45, 2.75) is 0 Å². The van der Waals surface area contributed by atoms with Crippen molar-refractivity contribution in [3.05, 3.63) is 82.7 Å². The summed E-state index contributed by atoms with van der Waals surface area (Å²) in [4.78, 5) is 16.5. The van der Waals surface area contributed by atoms with Crippen molar-refractivity contribution in [2.75, 3.05) is 10.6 Å². The number of hydrogen-bond donors (Lipinski definition) is 2. The van der Waals surface area contributed by atoms with Crippen molar-refractivity contribution in [3.63, 3.8) is 0 Å². The van der Waals surface area contributed by atoms with E-state index in [1.165, 1.54) is 18.3 Å². The van der Waals surface area contributed by atoms with E-state index in [0.717, 1.165) is 4.47 Å². The summed E-state index contributed by atoms with van der Waals surface area (Å²) in [6.07, 6.45) is 1.53. The van der Waals surface area contributed by atoms with Crippen LogP contribution in [0.4, 0.5) is 21.6 Å². The van der Waals surface area contributed by atoms with Crippen LogP contribution in [0.3, 0.4) is 0 Å². The van der Waals surface area contributed by atoms with Gasteiger partial charge >= 0.3 is 0 Å². The lowest BCUT2D eigenvalue weighted by molar-refractivity contribution is 0.102. The zero-order valence-electron chi connectivity index (χ0n) is 12.5. The van der Waals surface area contributed by atoms with Crippen LogP contribution in [0.2, 0.25) is 0 Å². The Morgan fingerprint density at radius 3 is 2.54 bits per heavy atom. The summed E-state index contributed by atoms with van der Waals surface area (Å²) >= 11 is 3.35. The number of anilines is 3. The lowest BCUT2D eigenvalue weighted by atomic mass is 10.2. The van der Waals surface area contributed by atoms with Crippen LogP contribution in [0.1, 0.15) is 10.4 Å². The number of rotatable bonds is 4. The number of carbonyl (C=O) groups excluding carboxylic acids is 1. The fraction of sp³-hybridized carbons (Fsp3) is 0. The van der Waals surface area contributed by atoms with Crippen molar-refractivity contribution in [3.8, 4) is 0 Å². The Hall–Kier alpha value is -2.73. The number of aromatic nitrogens is 1. The first-order valence-electron chi connectivity index (χ1n) is 7.16. The largest absolute Gasteiger partial charge is 0.340 e. The monoisotopic (exact) mass is 385 g/mol.